The highest BCUT2D eigenvalue weighted by molar-refractivity contribution is 5.75. The number of hydrogen-bond acceptors (Lipinski definition) is 18. The molecule has 6 rings (SSSR count). The summed E-state index contributed by atoms with van der Waals surface area (Å²) in [6.45, 7) is 1.59. The lowest BCUT2D eigenvalue weighted by atomic mass is 9.87. The van der Waals surface area contributed by atoms with Crippen LogP contribution in [0, 0.1) is 0 Å². The number of aliphatic hydroxyl groups is 2. The molecule has 0 radical (unpaired) electrons. The van der Waals surface area contributed by atoms with Crippen LogP contribution in [0.3, 0.4) is 0 Å². The second kappa shape index (κ2) is 27.1. The normalized spacial score (nSPS) is 16.2. The molecule has 2 aliphatic rings. The topological polar surface area (TPSA) is 192 Å². The van der Waals surface area contributed by atoms with Crippen LogP contribution in [0.25, 0.3) is 0 Å². The first-order valence-corrected chi connectivity index (χ1v) is 24.6. The van der Waals surface area contributed by atoms with Gasteiger partial charge in [-0.25, -0.2) is 9.59 Å². The number of rotatable bonds is 28. The number of nitrogens with zero attached hydrogens (tertiary/aromatic N) is 2. The maximum atomic E-state index is 13.2. The monoisotopic (exact) mass is 1020 g/mol. The van der Waals surface area contributed by atoms with Gasteiger partial charge < -0.3 is 67.1 Å². The quantitative estimate of drug-likeness (QED) is 0.0462. The molecule has 0 fully saturated rings. The van der Waals surface area contributed by atoms with Crippen molar-refractivity contribution in [2.24, 2.45) is 0 Å². The largest absolute Gasteiger partial charge is 0.493 e. The van der Waals surface area contributed by atoms with Gasteiger partial charge in [0.2, 0.25) is 11.5 Å². The van der Waals surface area contributed by atoms with E-state index in [-0.39, 0.29) is 38.4 Å². The Morgan fingerprint density at radius 2 is 0.767 bits per heavy atom. The maximum Gasteiger partial charge on any atom is 0.336 e. The number of benzene rings is 4. The van der Waals surface area contributed by atoms with Crippen molar-refractivity contribution in [3.05, 3.63) is 81.9 Å². The third-order valence-electron chi connectivity index (χ3n) is 13.7. The van der Waals surface area contributed by atoms with Crippen molar-refractivity contribution in [2.45, 2.75) is 82.1 Å². The summed E-state index contributed by atoms with van der Waals surface area (Å²) in [5.41, 5.74) is 5.97. The van der Waals surface area contributed by atoms with Crippen LogP contribution < -0.4 is 47.4 Å². The predicted octanol–water partition coefficient (Wildman–Crippen LogP) is 6.52. The van der Waals surface area contributed by atoms with Gasteiger partial charge in [0.1, 0.15) is 0 Å². The van der Waals surface area contributed by atoms with Gasteiger partial charge in [0.25, 0.3) is 0 Å². The van der Waals surface area contributed by atoms with Crippen LogP contribution in [-0.4, -0.2) is 155 Å². The molecule has 4 unspecified atom stereocenters. The molecule has 2 N–H and O–H groups in total. The second-order valence-corrected chi connectivity index (χ2v) is 17.9. The number of ether oxygens (including phenoxy) is 12. The zero-order chi connectivity index (χ0) is 52.6. The van der Waals surface area contributed by atoms with Gasteiger partial charge in [-0.15, -0.1) is 0 Å². The molecular weight excluding hydrogens is 945 g/mol. The third-order valence-corrected chi connectivity index (χ3v) is 13.7. The molecular formula is C55H74N2O16. The number of methoxy groups -OCH3 is 10. The van der Waals surface area contributed by atoms with E-state index >= 15 is 0 Å². The summed E-state index contributed by atoms with van der Waals surface area (Å²) >= 11 is 0. The summed E-state index contributed by atoms with van der Waals surface area (Å²) in [4.78, 5) is 30.5. The minimum Gasteiger partial charge on any atom is -0.493 e. The minimum atomic E-state index is -1.37. The van der Waals surface area contributed by atoms with Gasteiger partial charge in [-0.05, 0) is 120 Å². The fourth-order valence-corrected chi connectivity index (χ4v) is 9.89. The van der Waals surface area contributed by atoms with Crippen LogP contribution in [0.2, 0.25) is 0 Å². The number of carbonyl (C=O) groups is 2. The van der Waals surface area contributed by atoms with E-state index in [1.807, 2.05) is 48.5 Å². The lowest BCUT2D eigenvalue weighted by Crippen LogP contribution is -2.44. The summed E-state index contributed by atoms with van der Waals surface area (Å²) in [5, 5.41) is 22.4. The minimum absolute atomic E-state index is 0.0571. The Labute approximate surface area is 429 Å². The first kappa shape index (κ1) is 56.0. The molecule has 2 aliphatic heterocycles. The van der Waals surface area contributed by atoms with Crippen molar-refractivity contribution in [1.82, 2.24) is 9.80 Å². The van der Waals surface area contributed by atoms with Crippen LogP contribution in [0.4, 0.5) is 0 Å². The fourth-order valence-electron chi connectivity index (χ4n) is 9.89. The molecule has 0 saturated carbocycles. The lowest BCUT2D eigenvalue weighted by Gasteiger charge is -2.38. The Kier molecular flexibility index (Phi) is 20.8. The Bertz CT molecular complexity index is 2250. The van der Waals surface area contributed by atoms with Crippen molar-refractivity contribution < 1.29 is 76.6 Å². The molecule has 0 aromatic heterocycles. The van der Waals surface area contributed by atoms with Crippen molar-refractivity contribution in [3.8, 4) is 57.5 Å². The molecule has 0 saturated heterocycles. The van der Waals surface area contributed by atoms with Crippen LogP contribution in [0.5, 0.6) is 57.5 Å². The fraction of sp³-hybridized carbons (Fsp3) is 0.527. The van der Waals surface area contributed by atoms with Gasteiger partial charge in [-0.1, -0.05) is 19.3 Å². The number of aliphatic hydroxyl groups excluding tert-OH is 2. The maximum absolute atomic E-state index is 13.2. The molecule has 0 bridgehead atoms. The van der Waals surface area contributed by atoms with Gasteiger partial charge in [-0.3, -0.25) is 9.80 Å². The first-order valence-electron chi connectivity index (χ1n) is 24.6. The van der Waals surface area contributed by atoms with Crippen molar-refractivity contribution in [3.63, 3.8) is 0 Å². The Balaban J connectivity index is 0.970. The van der Waals surface area contributed by atoms with E-state index in [9.17, 15) is 19.8 Å². The van der Waals surface area contributed by atoms with E-state index in [1.54, 1.807) is 71.1 Å². The third kappa shape index (κ3) is 13.6. The number of β-amino-alcohol motifs (C(OH)–C–C–N with tert-alkyl or cyclic N) is 2. The highest BCUT2D eigenvalue weighted by Crippen LogP contribution is 2.45. The van der Waals surface area contributed by atoms with E-state index in [0.717, 1.165) is 52.6 Å². The highest BCUT2D eigenvalue weighted by atomic mass is 16.6. The number of hydrogen-bond donors (Lipinski definition) is 2. The predicted molar refractivity (Wildman–Crippen MR) is 272 cm³/mol. The van der Waals surface area contributed by atoms with Crippen LogP contribution in [0.1, 0.15) is 77.6 Å². The highest BCUT2D eigenvalue weighted by Gasteiger charge is 2.35. The van der Waals surface area contributed by atoms with Crippen LogP contribution in [0.15, 0.2) is 48.5 Å². The van der Waals surface area contributed by atoms with Crippen molar-refractivity contribution in [2.75, 3.05) is 110 Å². The Morgan fingerprint density at radius 3 is 1.08 bits per heavy atom. The summed E-state index contributed by atoms with van der Waals surface area (Å²) < 4.78 is 67.3. The molecule has 4 aromatic carbocycles. The number of esters is 2. The van der Waals surface area contributed by atoms with Gasteiger partial charge >= 0.3 is 11.9 Å². The molecule has 0 amide bonds. The Morgan fingerprint density at radius 1 is 0.452 bits per heavy atom. The molecule has 4 atom stereocenters. The Hall–Kier alpha value is -6.34. The van der Waals surface area contributed by atoms with Crippen molar-refractivity contribution >= 4 is 11.9 Å². The van der Waals surface area contributed by atoms with E-state index < -0.39 is 24.1 Å². The standard InChI is InChI=1S/C55H74N2O16/c1-62-44-28-36-16-18-56(40(38(36)30-46(44)64-3)22-34-24-48(66-5)52(70-9)49(25-34)67-6)32-42(58)54(60)72-20-14-12-11-13-15-21-73-55(61)43(59)33-57-19-17-37-29-45(63-2)47(65-4)31-39(37)41(57)23-35-26-50(68-7)53(71-10)51(27-35)69-8/h24-31,40-43,58-59H,11-23,32-33H2,1-10H3. The summed E-state index contributed by atoms with van der Waals surface area (Å²) in [5.74, 6) is 4.12. The molecule has 2 heterocycles. The van der Waals surface area contributed by atoms with E-state index in [4.69, 9.17) is 56.8 Å². The van der Waals surface area contributed by atoms with Crippen molar-refractivity contribution in [1.29, 1.82) is 0 Å². The van der Waals surface area contributed by atoms with E-state index in [2.05, 4.69) is 9.80 Å². The number of unbranched alkanes of at least 4 members (excludes halogenated alkanes) is 4. The summed E-state index contributed by atoms with van der Waals surface area (Å²) in [6, 6.07) is 15.0. The van der Waals surface area contributed by atoms with Gasteiger partial charge in [0, 0.05) is 38.3 Å². The first-order chi connectivity index (χ1) is 35.4. The lowest BCUT2D eigenvalue weighted by molar-refractivity contribution is -0.155. The molecule has 400 valence electrons. The molecule has 73 heavy (non-hydrogen) atoms. The summed E-state index contributed by atoms with van der Waals surface area (Å²) in [6.07, 6.45) is 3.16. The number of carbonyl (C=O) groups excluding carboxylic acids is 2. The van der Waals surface area contributed by atoms with Crippen LogP contribution >= 0.6 is 0 Å². The molecule has 18 heteroatoms. The second-order valence-electron chi connectivity index (χ2n) is 17.9. The SMILES string of the molecule is COc1cc2c(cc1OC)C(Cc1cc(OC)c(OC)c(OC)c1)N(CC(O)C(=O)OCCCCCCCOC(=O)C(O)CN1CCc3cc(OC)c(OC)cc3C1Cc1cc(OC)c(OC)c(OC)c1)CC2. The molecule has 18 nitrogen and oxygen atoms in total. The zero-order valence-corrected chi connectivity index (χ0v) is 44.0. The molecule has 0 aliphatic carbocycles. The van der Waals surface area contributed by atoms with E-state index in [0.29, 0.717) is 109 Å². The summed E-state index contributed by atoms with van der Waals surface area (Å²) in [7, 11) is 15.8. The molecule has 4 aromatic rings. The van der Waals surface area contributed by atoms with Gasteiger partial charge in [0.15, 0.2) is 58.2 Å². The average Bonchev–Trinajstić information content (AvgIpc) is 3.41. The molecule has 0 spiro atoms. The van der Waals surface area contributed by atoms with E-state index in [1.165, 1.54) is 0 Å². The smallest absolute Gasteiger partial charge is 0.336 e. The number of fused-ring (bicyclic) bond motifs is 2. The average molecular weight is 1020 g/mol. The zero-order valence-electron chi connectivity index (χ0n) is 44.0. The van der Waals surface area contributed by atoms with Crippen LogP contribution in [-0.2, 0) is 44.7 Å². The van der Waals surface area contributed by atoms with Gasteiger partial charge in [0.05, 0.1) is 84.3 Å². The van der Waals surface area contributed by atoms with Gasteiger partial charge in [-0.2, -0.15) is 0 Å².